The van der Waals surface area contributed by atoms with Crippen molar-refractivity contribution in [3.05, 3.63) is 33.5 Å². The Labute approximate surface area is 130 Å². The Bertz CT molecular complexity index is 603. The Hall–Kier alpha value is -1.24. The van der Waals surface area contributed by atoms with Crippen molar-refractivity contribution in [1.82, 2.24) is 20.1 Å². The number of hydrogen-bond acceptors (Lipinski definition) is 5. The fourth-order valence-corrected chi connectivity index (χ4v) is 3.30. The third kappa shape index (κ3) is 3.70. The van der Waals surface area contributed by atoms with E-state index >= 15 is 0 Å². The van der Waals surface area contributed by atoms with Gasteiger partial charge in [-0.05, 0) is 27.2 Å². The molecule has 2 heterocycles. The molecular weight excluding hydrogens is 284 g/mol. The zero-order valence-electron chi connectivity index (χ0n) is 13.3. The quantitative estimate of drug-likeness (QED) is 0.859. The minimum Gasteiger partial charge on any atom is -0.384 e. The van der Waals surface area contributed by atoms with Crippen LogP contribution < -0.4 is 5.32 Å². The monoisotopic (exact) mass is 308 g/mol. The van der Waals surface area contributed by atoms with Crippen LogP contribution in [0.2, 0.25) is 0 Å². The summed E-state index contributed by atoms with van der Waals surface area (Å²) in [6, 6.07) is 0.172. The molecule has 2 N–H and O–H groups in total. The van der Waals surface area contributed by atoms with Gasteiger partial charge in [0.1, 0.15) is 5.60 Å². The van der Waals surface area contributed by atoms with Gasteiger partial charge in [0.25, 0.3) is 0 Å². The highest BCUT2D eigenvalue weighted by molar-refractivity contribution is 7.11. The van der Waals surface area contributed by atoms with E-state index in [9.17, 15) is 5.11 Å². The predicted molar refractivity (Wildman–Crippen MR) is 85.4 cm³/mol. The SMILES string of the molecule is CCc1nc(C)c(C(C)NCC(C)(O)c2cnn(C)c2)s1. The Morgan fingerprint density at radius 1 is 1.52 bits per heavy atom. The zero-order chi connectivity index (χ0) is 15.6. The lowest BCUT2D eigenvalue weighted by atomic mass is 9.99. The summed E-state index contributed by atoms with van der Waals surface area (Å²) in [4.78, 5) is 5.80. The summed E-state index contributed by atoms with van der Waals surface area (Å²) in [7, 11) is 1.85. The number of rotatable bonds is 6. The molecule has 2 atom stereocenters. The highest BCUT2D eigenvalue weighted by Crippen LogP contribution is 2.26. The molecule has 0 bridgehead atoms. The van der Waals surface area contributed by atoms with E-state index in [-0.39, 0.29) is 6.04 Å². The van der Waals surface area contributed by atoms with Crippen LogP contribution in [-0.4, -0.2) is 26.4 Å². The maximum atomic E-state index is 10.6. The molecule has 0 aliphatic carbocycles. The van der Waals surface area contributed by atoms with E-state index in [2.05, 4.69) is 29.2 Å². The second kappa shape index (κ2) is 6.25. The molecule has 2 aromatic heterocycles. The first-order valence-electron chi connectivity index (χ1n) is 7.24. The molecule has 2 rings (SSSR count). The van der Waals surface area contributed by atoms with Crippen molar-refractivity contribution in [2.24, 2.45) is 7.05 Å². The largest absolute Gasteiger partial charge is 0.384 e. The third-order valence-corrected chi connectivity index (χ3v) is 5.14. The maximum Gasteiger partial charge on any atom is 0.102 e. The molecule has 2 unspecified atom stereocenters. The van der Waals surface area contributed by atoms with Crippen LogP contribution in [0, 0.1) is 6.92 Å². The fraction of sp³-hybridized carbons (Fsp3) is 0.600. The average molecular weight is 308 g/mol. The van der Waals surface area contributed by atoms with Gasteiger partial charge in [-0.1, -0.05) is 6.92 Å². The first kappa shape index (κ1) is 16.1. The van der Waals surface area contributed by atoms with Crippen LogP contribution in [0.4, 0.5) is 0 Å². The van der Waals surface area contributed by atoms with Gasteiger partial charge in [0.15, 0.2) is 0 Å². The van der Waals surface area contributed by atoms with Crippen molar-refractivity contribution < 1.29 is 5.11 Å². The number of aryl methyl sites for hydroxylation is 3. The summed E-state index contributed by atoms with van der Waals surface area (Å²) in [6.45, 7) is 8.55. The summed E-state index contributed by atoms with van der Waals surface area (Å²) in [5.41, 5.74) is 0.965. The second-order valence-electron chi connectivity index (χ2n) is 5.69. The number of nitrogens with one attached hydrogen (secondary N) is 1. The Kier molecular flexibility index (Phi) is 4.81. The van der Waals surface area contributed by atoms with E-state index in [1.807, 2.05) is 20.2 Å². The number of hydrogen-bond donors (Lipinski definition) is 2. The Morgan fingerprint density at radius 2 is 2.24 bits per heavy atom. The highest BCUT2D eigenvalue weighted by Gasteiger charge is 2.26. The van der Waals surface area contributed by atoms with E-state index in [1.165, 1.54) is 4.88 Å². The Balaban J connectivity index is 2.03. The third-order valence-electron chi connectivity index (χ3n) is 3.65. The van der Waals surface area contributed by atoms with Gasteiger partial charge in [-0.3, -0.25) is 4.68 Å². The molecule has 0 saturated heterocycles. The molecule has 21 heavy (non-hydrogen) atoms. The predicted octanol–water partition coefficient (Wildman–Crippen LogP) is 2.31. The summed E-state index contributed by atoms with van der Waals surface area (Å²) < 4.78 is 1.70. The summed E-state index contributed by atoms with van der Waals surface area (Å²) in [6.07, 6.45) is 4.52. The minimum absolute atomic E-state index is 0.172. The second-order valence-corrected chi connectivity index (χ2v) is 6.81. The van der Waals surface area contributed by atoms with Crippen LogP contribution in [0.1, 0.15) is 48.0 Å². The molecule has 0 aliphatic heterocycles. The molecule has 5 nitrogen and oxygen atoms in total. The molecular formula is C15H24N4OS. The summed E-state index contributed by atoms with van der Waals surface area (Å²) in [5.74, 6) is 0. The topological polar surface area (TPSA) is 63.0 Å². The highest BCUT2D eigenvalue weighted by atomic mass is 32.1. The first-order chi connectivity index (χ1) is 9.83. The molecule has 0 spiro atoms. The van der Waals surface area contributed by atoms with Gasteiger partial charge < -0.3 is 10.4 Å². The molecule has 2 aromatic rings. The molecule has 0 radical (unpaired) electrons. The molecule has 6 heteroatoms. The molecule has 0 saturated carbocycles. The van der Waals surface area contributed by atoms with Crippen molar-refractivity contribution in [2.75, 3.05) is 6.54 Å². The average Bonchev–Trinajstić information content (AvgIpc) is 3.02. The van der Waals surface area contributed by atoms with E-state index in [0.717, 1.165) is 22.7 Å². The van der Waals surface area contributed by atoms with Gasteiger partial charge in [-0.2, -0.15) is 5.10 Å². The lowest BCUT2D eigenvalue weighted by molar-refractivity contribution is 0.0544. The van der Waals surface area contributed by atoms with Crippen LogP contribution in [0.25, 0.3) is 0 Å². The first-order valence-corrected chi connectivity index (χ1v) is 8.06. The van der Waals surface area contributed by atoms with Crippen LogP contribution in [0.5, 0.6) is 0 Å². The van der Waals surface area contributed by atoms with Crippen molar-refractivity contribution in [3.8, 4) is 0 Å². The molecule has 0 aromatic carbocycles. The smallest absolute Gasteiger partial charge is 0.102 e. The minimum atomic E-state index is -0.936. The van der Waals surface area contributed by atoms with Gasteiger partial charge in [-0.15, -0.1) is 11.3 Å². The number of thiazole rings is 1. The number of nitrogens with zero attached hydrogens (tertiary/aromatic N) is 3. The number of aromatic nitrogens is 3. The van der Waals surface area contributed by atoms with E-state index in [1.54, 1.807) is 29.1 Å². The zero-order valence-corrected chi connectivity index (χ0v) is 14.2. The van der Waals surface area contributed by atoms with Crippen molar-refractivity contribution in [2.45, 2.75) is 45.8 Å². The van der Waals surface area contributed by atoms with Gasteiger partial charge in [0.05, 0.1) is 16.9 Å². The van der Waals surface area contributed by atoms with Gasteiger partial charge >= 0.3 is 0 Å². The number of aliphatic hydroxyl groups is 1. The molecule has 0 amide bonds. The standard InChI is InChI=1S/C15H24N4OS/c1-6-13-18-11(3)14(21-13)10(2)16-9-15(4,20)12-7-17-19(5)8-12/h7-8,10,16,20H,6,9H2,1-5H3. The van der Waals surface area contributed by atoms with Crippen molar-refractivity contribution in [3.63, 3.8) is 0 Å². The lowest BCUT2D eigenvalue weighted by Gasteiger charge is -2.24. The lowest BCUT2D eigenvalue weighted by Crippen LogP contribution is -2.36. The van der Waals surface area contributed by atoms with Gasteiger partial charge in [0, 0.05) is 36.3 Å². The van der Waals surface area contributed by atoms with Crippen LogP contribution in [-0.2, 0) is 19.1 Å². The van der Waals surface area contributed by atoms with Crippen LogP contribution in [0.15, 0.2) is 12.4 Å². The molecule has 0 fully saturated rings. The molecule has 0 aliphatic rings. The van der Waals surface area contributed by atoms with Crippen molar-refractivity contribution >= 4 is 11.3 Å². The van der Waals surface area contributed by atoms with Crippen LogP contribution in [0.3, 0.4) is 0 Å². The Morgan fingerprint density at radius 3 is 2.76 bits per heavy atom. The van der Waals surface area contributed by atoms with Gasteiger partial charge in [-0.25, -0.2) is 4.98 Å². The maximum absolute atomic E-state index is 10.6. The van der Waals surface area contributed by atoms with E-state index in [4.69, 9.17) is 0 Å². The van der Waals surface area contributed by atoms with Gasteiger partial charge in [0.2, 0.25) is 0 Å². The van der Waals surface area contributed by atoms with E-state index < -0.39 is 5.60 Å². The van der Waals surface area contributed by atoms with Crippen molar-refractivity contribution in [1.29, 1.82) is 0 Å². The normalized spacial score (nSPS) is 15.9. The van der Waals surface area contributed by atoms with E-state index in [0.29, 0.717) is 6.54 Å². The molecule has 116 valence electrons. The summed E-state index contributed by atoms with van der Waals surface area (Å²) in [5, 5.41) is 19.3. The van der Waals surface area contributed by atoms with Crippen LogP contribution >= 0.6 is 11.3 Å². The summed E-state index contributed by atoms with van der Waals surface area (Å²) >= 11 is 1.75. The fourth-order valence-electron chi connectivity index (χ4n) is 2.26.